The van der Waals surface area contributed by atoms with Crippen LogP contribution in [0.2, 0.25) is 6.04 Å². The molecule has 0 bridgehead atoms. The molecule has 0 atom stereocenters. The lowest BCUT2D eigenvalue weighted by atomic mass is 10.4. The molecule has 0 fully saturated rings. The Hall–Kier alpha value is 0.0969. The molecular weight excluding hydrogens is 206 g/mol. The zero-order chi connectivity index (χ0) is 11.5. The van der Waals surface area contributed by atoms with Crippen molar-refractivity contribution in [2.24, 2.45) is 0 Å². The summed E-state index contributed by atoms with van der Waals surface area (Å²) in [6.07, 6.45) is 1.19. The average Bonchev–Trinajstić information content (AvgIpc) is 2.25. The maximum absolute atomic E-state index is 5.59. The first-order chi connectivity index (χ1) is 7.28. The van der Waals surface area contributed by atoms with Gasteiger partial charge >= 0.3 is 9.28 Å². The number of hydrogen-bond acceptors (Lipinski definition) is 3. The number of rotatable bonds is 10. The van der Waals surface area contributed by atoms with Gasteiger partial charge in [-0.3, -0.25) is 0 Å². The standard InChI is InChI=1S/C11H26NO2Si/c1-5-12(6-2)10-9-11-15(13-7-3)14-8-4/h5-11H2,1-4H3/q+1. The normalized spacial score (nSPS) is 11.0. The van der Waals surface area contributed by atoms with Crippen LogP contribution in [0, 0.1) is 0 Å². The molecule has 0 N–H and O–H groups in total. The highest BCUT2D eigenvalue weighted by Gasteiger charge is 2.30. The quantitative estimate of drug-likeness (QED) is 0.539. The van der Waals surface area contributed by atoms with E-state index >= 15 is 0 Å². The fourth-order valence-corrected chi connectivity index (χ4v) is 2.96. The van der Waals surface area contributed by atoms with Crippen molar-refractivity contribution in [1.82, 2.24) is 4.90 Å². The largest absolute Gasteiger partial charge is 0.643 e. The van der Waals surface area contributed by atoms with Crippen LogP contribution in [0.3, 0.4) is 0 Å². The van der Waals surface area contributed by atoms with Gasteiger partial charge in [-0.05, 0) is 33.4 Å². The van der Waals surface area contributed by atoms with Crippen molar-refractivity contribution >= 4 is 9.28 Å². The Morgan fingerprint density at radius 3 is 1.87 bits per heavy atom. The number of hydrogen-bond donors (Lipinski definition) is 0. The zero-order valence-electron chi connectivity index (χ0n) is 10.7. The molecule has 0 aliphatic heterocycles. The Bertz CT molecular complexity index is 126. The van der Waals surface area contributed by atoms with Crippen molar-refractivity contribution in [2.45, 2.75) is 40.2 Å². The summed E-state index contributed by atoms with van der Waals surface area (Å²) in [6, 6.07) is 1.10. The maximum Gasteiger partial charge on any atom is 0.643 e. The molecule has 0 aromatic rings. The van der Waals surface area contributed by atoms with E-state index in [0.29, 0.717) is 0 Å². The zero-order valence-corrected chi connectivity index (χ0v) is 11.7. The lowest BCUT2D eigenvalue weighted by molar-refractivity contribution is 0.210. The summed E-state index contributed by atoms with van der Waals surface area (Å²) in [5.74, 6) is 0. The molecule has 0 saturated heterocycles. The van der Waals surface area contributed by atoms with E-state index in [1.807, 2.05) is 13.8 Å². The maximum atomic E-state index is 5.59. The summed E-state index contributed by atoms with van der Waals surface area (Å²) in [7, 11) is -0.985. The molecular formula is C11H26NO2Si+. The third-order valence-electron chi connectivity index (χ3n) is 2.36. The Labute approximate surface area is 96.6 Å². The molecule has 3 nitrogen and oxygen atoms in total. The van der Waals surface area contributed by atoms with Gasteiger partial charge in [-0.25, -0.2) is 8.85 Å². The average molecular weight is 232 g/mol. The second-order valence-corrected chi connectivity index (χ2v) is 5.19. The van der Waals surface area contributed by atoms with Crippen LogP contribution < -0.4 is 0 Å². The highest BCUT2D eigenvalue weighted by molar-refractivity contribution is 6.44. The van der Waals surface area contributed by atoms with E-state index in [2.05, 4.69) is 18.7 Å². The SMILES string of the molecule is CCO[Si+](CCCN(CC)CC)OCC. The summed E-state index contributed by atoms with van der Waals surface area (Å²) in [4.78, 5) is 2.44. The van der Waals surface area contributed by atoms with Crippen LogP contribution in [0.15, 0.2) is 0 Å². The molecule has 0 rings (SSSR count). The molecule has 0 aromatic carbocycles. The molecule has 0 radical (unpaired) electrons. The van der Waals surface area contributed by atoms with Gasteiger partial charge in [0.05, 0.1) is 13.2 Å². The topological polar surface area (TPSA) is 21.7 Å². The predicted molar refractivity (Wildman–Crippen MR) is 66.2 cm³/mol. The van der Waals surface area contributed by atoms with E-state index in [0.717, 1.165) is 32.3 Å². The minimum absolute atomic E-state index is 0.777. The molecule has 0 spiro atoms. The Balaban J connectivity index is 3.59. The van der Waals surface area contributed by atoms with Crippen LogP contribution >= 0.6 is 0 Å². The van der Waals surface area contributed by atoms with Gasteiger partial charge in [0.2, 0.25) is 0 Å². The first kappa shape index (κ1) is 15.1. The predicted octanol–water partition coefficient (Wildman–Crippen LogP) is 2.28. The first-order valence-corrected chi connectivity index (χ1v) is 7.64. The first-order valence-electron chi connectivity index (χ1n) is 6.12. The Morgan fingerprint density at radius 2 is 1.47 bits per heavy atom. The monoisotopic (exact) mass is 232 g/mol. The molecule has 0 aliphatic rings. The fraction of sp³-hybridized carbons (Fsp3) is 1.00. The van der Waals surface area contributed by atoms with E-state index in [4.69, 9.17) is 8.85 Å². The molecule has 0 heterocycles. The smallest absolute Gasteiger partial charge is 0.304 e. The lowest BCUT2D eigenvalue weighted by Gasteiger charge is -2.16. The fourth-order valence-electron chi connectivity index (χ4n) is 1.49. The third kappa shape index (κ3) is 7.96. The number of nitrogens with zero attached hydrogens (tertiary/aromatic N) is 1. The van der Waals surface area contributed by atoms with Gasteiger partial charge in [0.15, 0.2) is 0 Å². The van der Waals surface area contributed by atoms with E-state index in [1.165, 1.54) is 13.0 Å². The summed E-state index contributed by atoms with van der Waals surface area (Å²) in [5.41, 5.74) is 0. The van der Waals surface area contributed by atoms with Crippen LogP contribution in [0.4, 0.5) is 0 Å². The van der Waals surface area contributed by atoms with E-state index in [9.17, 15) is 0 Å². The molecule has 0 amide bonds. The van der Waals surface area contributed by atoms with Crippen LogP contribution in [-0.4, -0.2) is 47.0 Å². The van der Waals surface area contributed by atoms with Crippen molar-refractivity contribution in [3.05, 3.63) is 0 Å². The van der Waals surface area contributed by atoms with Crippen LogP contribution in [0.25, 0.3) is 0 Å². The molecule has 90 valence electrons. The van der Waals surface area contributed by atoms with Crippen molar-refractivity contribution < 1.29 is 8.85 Å². The molecule has 0 aromatic heterocycles. The Kier molecular flexibility index (Phi) is 10.7. The van der Waals surface area contributed by atoms with Crippen molar-refractivity contribution in [2.75, 3.05) is 32.8 Å². The van der Waals surface area contributed by atoms with Crippen LogP contribution in [0.5, 0.6) is 0 Å². The van der Waals surface area contributed by atoms with Gasteiger partial charge in [0.25, 0.3) is 0 Å². The van der Waals surface area contributed by atoms with Gasteiger partial charge in [0, 0.05) is 6.54 Å². The van der Waals surface area contributed by atoms with E-state index in [-0.39, 0.29) is 0 Å². The highest BCUT2D eigenvalue weighted by atomic mass is 28.3. The molecule has 4 heteroatoms. The van der Waals surface area contributed by atoms with E-state index in [1.54, 1.807) is 0 Å². The molecule has 0 saturated carbocycles. The highest BCUT2D eigenvalue weighted by Crippen LogP contribution is 2.03. The lowest BCUT2D eigenvalue weighted by Crippen LogP contribution is -2.27. The van der Waals surface area contributed by atoms with Gasteiger partial charge < -0.3 is 4.90 Å². The second kappa shape index (κ2) is 10.6. The second-order valence-electron chi connectivity index (χ2n) is 3.37. The molecule has 0 aliphatic carbocycles. The summed E-state index contributed by atoms with van der Waals surface area (Å²) >= 11 is 0. The Morgan fingerprint density at radius 1 is 0.933 bits per heavy atom. The van der Waals surface area contributed by atoms with Crippen molar-refractivity contribution in [1.29, 1.82) is 0 Å². The summed E-state index contributed by atoms with van der Waals surface area (Å²) < 4.78 is 11.2. The molecule has 0 unspecified atom stereocenters. The minimum atomic E-state index is -0.985. The summed E-state index contributed by atoms with van der Waals surface area (Å²) in [6.45, 7) is 13.5. The van der Waals surface area contributed by atoms with Crippen LogP contribution in [0.1, 0.15) is 34.1 Å². The van der Waals surface area contributed by atoms with Gasteiger partial charge in [-0.1, -0.05) is 13.8 Å². The van der Waals surface area contributed by atoms with Gasteiger partial charge in [-0.15, -0.1) is 0 Å². The van der Waals surface area contributed by atoms with Crippen LogP contribution in [-0.2, 0) is 8.85 Å². The van der Waals surface area contributed by atoms with Gasteiger partial charge in [-0.2, -0.15) is 0 Å². The minimum Gasteiger partial charge on any atom is -0.304 e. The molecule has 15 heavy (non-hydrogen) atoms. The summed E-state index contributed by atoms with van der Waals surface area (Å²) in [5, 5.41) is 0. The van der Waals surface area contributed by atoms with E-state index < -0.39 is 9.28 Å². The van der Waals surface area contributed by atoms with Crippen molar-refractivity contribution in [3.8, 4) is 0 Å². The third-order valence-corrected chi connectivity index (χ3v) is 4.34. The van der Waals surface area contributed by atoms with Crippen molar-refractivity contribution in [3.63, 3.8) is 0 Å². The van der Waals surface area contributed by atoms with Gasteiger partial charge in [0.1, 0.15) is 6.04 Å².